The number of rotatable bonds is 1. The Balaban J connectivity index is 2.68. The molecule has 0 saturated heterocycles. The van der Waals surface area contributed by atoms with Crippen LogP contribution in [0.2, 0.25) is 0 Å². The molecular formula is C14H24N2O4. The molecule has 1 aliphatic heterocycles. The standard InChI is InChI=1S/C14H24N2O4/c1-14(2,3)20-13(19)16-10-8-6-4-5-7-9-15-12(18)11(10)17/h4,6,10-11,17H,5,7-9H2,1-3H3,(H,15,18)(H,16,19)/b6-4-/t10-,11?/m0/s1. The van der Waals surface area contributed by atoms with Crippen molar-refractivity contribution >= 4 is 12.0 Å². The topological polar surface area (TPSA) is 87.7 Å². The molecule has 1 unspecified atom stereocenters. The summed E-state index contributed by atoms with van der Waals surface area (Å²) in [5.74, 6) is -0.471. The van der Waals surface area contributed by atoms with Crippen LogP contribution >= 0.6 is 0 Å². The van der Waals surface area contributed by atoms with Crippen LogP contribution in [0.1, 0.15) is 40.0 Å². The van der Waals surface area contributed by atoms with Gasteiger partial charge in [-0.1, -0.05) is 12.2 Å². The van der Waals surface area contributed by atoms with Crippen LogP contribution in [0.4, 0.5) is 4.79 Å². The number of carbonyl (C=O) groups excluding carboxylic acids is 2. The third-order valence-electron chi connectivity index (χ3n) is 2.76. The highest BCUT2D eigenvalue weighted by Crippen LogP contribution is 2.09. The van der Waals surface area contributed by atoms with Crippen molar-refractivity contribution in [3.8, 4) is 0 Å². The van der Waals surface area contributed by atoms with Crippen LogP contribution in [0, 0.1) is 0 Å². The van der Waals surface area contributed by atoms with E-state index >= 15 is 0 Å². The van der Waals surface area contributed by atoms with Crippen molar-refractivity contribution in [1.29, 1.82) is 0 Å². The Labute approximate surface area is 119 Å². The lowest BCUT2D eigenvalue weighted by Crippen LogP contribution is -2.51. The van der Waals surface area contributed by atoms with Crippen molar-refractivity contribution in [1.82, 2.24) is 10.6 Å². The second-order valence-corrected chi connectivity index (χ2v) is 5.84. The van der Waals surface area contributed by atoms with Gasteiger partial charge in [0.25, 0.3) is 5.91 Å². The molecule has 6 heteroatoms. The fourth-order valence-corrected chi connectivity index (χ4v) is 1.81. The van der Waals surface area contributed by atoms with E-state index in [1.54, 1.807) is 20.8 Å². The molecule has 0 aromatic heterocycles. The summed E-state index contributed by atoms with van der Waals surface area (Å²) in [7, 11) is 0. The second-order valence-electron chi connectivity index (χ2n) is 5.84. The van der Waals surface area contributed by atoms with E-state index in [-0.39, 0.29) is 0 Å². The molecule has 0 aromatic rings. The van der Waals surface area contributed by atoms with Gasteiger partial charge in [-0.3, -0.25) is 4.79 Å². The molecule has 0 radical (unpaired) electrons. The zero-order chi connectivity index (χ0) is 15.2. The van der Waals surface area contributed by atoms with Gasteiger partial charge in [0.05, 0.1) is 6.04 Å². The summed E-state index contributed by atoms with van der Waals surface area (Å²) in [5, 5.41) is 15.2. The zero-order valence-corrected chi connectivity index (χ0v) is 12.3. The Bertz CT molecular complexity index is 374. The molecule has 0 aliphatic carbocycles. The zero-order valence-electron chi connectivity index (χ0n) is 12.3. The third-order valence-corrected chi connectivity index (χ3v) is 2.76. The van der Waals surface area contributed by atoms with E-state index in [1.165, 1.54) is 0 Å². The molecule has 1 aliphatic rings. The van der Waals surface area contributed by atoms with Crippen LogP contribution in [0.5, 0.6) is 0 Å². The monoisotopic (exact) mass is 284 g/mol. The highest BCUT2D eigenvalue weighted by atomic mass is 16.6. The first-order chi connectivity index (χ1) is 9.29. The van der Waals surface area contributed by atoms with Crippen LogP contribution in [0.3, 0.4) is 0 Å². The van der Waals surface area contributed by atoms with Crippen molar-refractivity contribution in [2.45, 2.75) is 57.8 Å². The molecule has 2 atom stereocenters. The van der Waals surface area contributed by atoms with Crippen molar-refractivity contribution in [3.63, 3.8) is 0 Å². The number of ether oxygens (including phenoxy) is 1. The Morgan fingerprint density at radius 1 is 1.45 bits per heavy atom. The molecule has 0 bridgehead atoms. The molecule has 3 N–H and O–H groups in total. The molecule has 0 fully saturated rings. The third kappa shape index (κ3) is 6.06. The molecule has 6 nitrogen and oxygen atoms in total. The lowest BCUT2D eigenvalue weighted by Gasteiger charge is -2.26. The first-order valence-corrected chi connectivity index (χ1v) is 6.90. The Morgan fingerprint density at radius 2 is 2.15 bits per heavy atom. The summed E-state index contributed by atoms with van der Waals surface area (Å²) in [5.41, 5.74) is -0.622. The molecule has 1 rings (SSSR count). The summed E-state index contributed by atoms with van der Waals surface area (Å²) in [6.07, 6.45) is 3.99. The average molecular weight is 284 g/mol. The van der Waals surface area contributed by atoms with Gasteiger partial charge in [-0.05, 0) is 40.0 Å². The van der Waals surface area contributed by atoms with E-state index in [1.807, 2.05) is 12.2 Å². The fourth-order valence-electron chi connectivity index (χ4n) is 1.81. The SMILES string of the molecule is CC(C)(C)OC(=O)N[C@H]1C/C=C\CCCNC(=O)C1O. The van der Waals surface area contributed by atoms with Crippen LogP contribution < -0.4 is 10.6 Å². The van der Waals surface area contributed by atoms with E-state index in [9.17, 15) is 14.7 Å². The normalized spacial score (nSPS) is 26.3. The first-order valence-electron chi connectivity index (χ1n) is 6.90. The number of allylic oxidation sites excluding steroid dienone is 1. The number of aliphatic hydroxyl groups is 1. The Kier molecular flexibility index (Phi) is 6.01. The van der Waals surface area contributed by atoms with Gasteiger partial charge in [0.2, 0.25) is 0 Å². The number of alkyl carbamates (subject to hydrolysis) is 1. The molecule has 0 spiro atoms. The predicted molar refractivity (Wildman–Crippen MR) is 75.2 cm³/mol. The summed E-state index contributed by atoms with van der Waals surface area (Å²) in [6.45, 7) is 5.77. The first kappa shape index (κ1) is 16.5. The summed E-state index contributed by atoms with van der Waals surface area (Å²) in [4.78, 5) is 23.5. The minimum Gasteiger partial charge on any atom is -0.444 e. The van der Waals surface area contributed by atoms with Crippen molar-refractivity contribution in [3.05, 3.63) is 12.2 Å². The van der Waals surface area contributed by atoms with E-state index in [2.05, 4.69) is 10.6 Å². The lowest BCUT2D eigenvalue weighted by atomic mass is 10.0. The maximum atomic E-state index is 11.7. The second kappa shape index (κ2) is 7.28. The van der Waals surface area contributed by atoms with Gasteiger partial charge < -0.3 is 20.5 Å². The molecule has 1 heterocycles. The molecule has 0 saturated carbocycles. The molecular weight excluding hydrogens is 260 g/mol. The van der Waals surface area contributed by atoms with Gasteiger partial charge in [-0.25, -0.2) is 4.79 Å². The lowest BCUT2D eigenvalue weighted by molar-refractivity contribution is -0.130. The number of amides is 2. The highest BCUT2D eigenvalue weighted by Gasteiger charge is 2.28. The minimum absolute atomic E-state index is 0.383. The number of hydrogen-bond acceptors (Lipinski definition) is 4. The van der Waals surface area contributed by atoms with Crippen LogP contribution in [-0.4, -0.2) is 41.4 Å². The predicted octanol–water partition coefficient (Wildman–Crippen LogP) is 1.10. The van der Waals surface area contributed by atoms with Gasteiger partial charge in [0, 0.05) is 6.54 Å². The molecule has 114 valence electrons. The van der Waals surface area contributed by atoms with Gasteiger partial charge in [0.1, 0.15) is 5.60 Å². The highest BCUT2D eigenvalue weighted by molar-refractivity contribution is 5.82. The number of aliphatic hydroxyl groups excluding tert-OH is 1. The summed E-state index contributed by atoms with van der Waals surface area (Å²) < 4.78 is 5.14. The molecule has 20 heavy (non-hydrogen) atoms. The van der Waals surface area contributed by atoms with Crippen molar-refractivity contribution < 1.29 is 19.4 Å². The van der Waals surface area contributed by atoms with Crippen molar-refractivity contribution in [2.24, 2.45) is 0 Å². The van der Waals surface area contributed by atoms with E-state index in [4.69, 9.17) is 4.74 Å². The summed E-state index contributed by atoms with van der Waals surface area (Å²) in [6, 6.07) is -0.695. The Morgan fingerprint density at radius 3 is 2.80 bits per heavy atom. The fraction of sp³-hybridized carbons (Fsp3) is 0.714. The smallest absolute Gasteiger partial charge is 0.407 e. The molecule has 2 amide bonds. The van der Waals surface area contributed by atoms with E-state index in [0.29, 0.717) is 13.0 Å². The van der Waals surface area contributed by atoms with E-state index < -0.39 is 29.7 Å². The van der Waals surface area contributed by atoms with Gasteiger partial charge >= 0.3 is 6.09 Å². The largest absolute Gasteiger partial charge is 0.444 e. The van der Waals surface area contributed by atoms with Crippen LogP contribution in [0.15, 0.2) is 12.2 Å². The molecule has 0 aromatic carbocycles. The van der Waals surface area contributed by atoms with Gasteiger partial charge in [-0.2, -0.15) is 0 Å². The van der Waals surface area contributed by atoms with Gasteiger partial charge in [0.15, 0.2) is 6.10 Å². The summed E-state index contributed by atoms with van der Waals surface area (Å²) >= 11 is 0. The minimum atomic E-state index is -1.29. The van der Waals surface area contributed by atoms with Gasteiger partial charge in [-0.15, -0.1) is 0 Å². The Hall–Kier alpha value is -1.56. The number of carbonyl (C=O) groups is 2. The average Bonchev–Trinajstić information content (AvgIpc) is 2.32. The maximum absolute atomic E-state index is 11.7. The van der Waals surface area contributed by atoms with Crippen LogP contribution in [0.25, 0.3) is 0 Å². The maximum Gasteiger partial charge on any atom is 0.407 e. The number of nitrogens with one attached hydrogen (secondary N) is 2. The van der Waals surface area contributed by atoms with E-state index in [0.717, 1.165) is 12.8 Å². The quantitative estimate of drug-likeness (QED) is 0.629. The number of hydrogen-bond donors (Lipinski definition) is 3. The van der Waals surface area contributed by atoms with Crippen LogP contribution in [-0.2, 0) is 9.53 Å². The van der Waals surface area contributed by atoms with Crippen molar-refractivity contribution in [2.75, 3.05) is 6.54 Å².